The van der Waals surface area contributed by atoms with Gasteiger partial charge >= 0.3 is 6.03 Å². The first-order valence-corrected chi connectivity index (χ1v) is 8.31. The molecule has 3 heterocycles. The second kappa shape index (κ2) is 6.08. The number of aryl methyl sites for hydroxylation is 2. The predicted octanol–water partition coefficient (Wildman–Crippen LogP) is 2.45. The van der Waals surface area contributed by atoms with Crippen LogP contribution in [0.2, 0.25) is 0 Å². The molecular weight excluding hydrogens is 298 g/mol. The number of hydrogen-bond donors (Lipinski definition) is 1. The van der Waals surface area contributed by atoms with Gasteiger partial charge in [-0.2, -0.15) is 0 Å². The Kier molecular flexibility index (Phi) is 4.15. The number of hydrogen-bond acceptors (Lipinski definition) is 4. The largest absolute Gasteiger partial charge is 0.338 e. The zero-order valence-electron chi connectivity index (χ0n) is 13.1. The minimum absolute atomic E-state index is 0.0166. The molecule has 1 fully saturated rings. The second-order valence-corrected chi connectivity index (χ2v) is 7.07. The fraction of sp³-hybridized carbons (Fsp3) is 0.533. The van der Waals surface area contributed by atoms with Crippen molar-refractivity contribution in [2.75, 3.05) is 13.1 Å². The molecule has 0 aromatic carbocycles. The number of likely N-dealkylation sites (tertiary alicyclic amines) is 1. The van der Waals surface area contributed by atoms with Crippen molar-refractivity contribution in [2.45, 2.75) is 32.2 Å². The summed E-state index contributed by atoms with van der Waals surface area (Å²) in [5, 5.41) is 3.99. The molecule has 0 aliphatic carbocycles. The summed E-state index contributed by atoms with van der Waals surface area (Å²) < 4.78 is 2.03. The van der Waals surface area contributed by atoms with Crippen LogP contribution in [0.25, 0.3) is 0 Å². The van der Waals surface area contributed by atoms with Gasteiger partial charge in [0, 0.05) is 49.5 Å². The summed E-state index contributed by atoms with van der Waals surface area (Å²) in [6.45, 7) is 5.49. The van der Waals surface area contributed by atoms with Gasteiger partial charge in [-0.1, -0.05) is 0 Å². The lowest BCUT2D eigenvalue weighted by molar-refractivity contribution is 0.204. The Hall–Kier alpha value is -1.89. The number of carbonyl (C=O) groups is 1. The van der Waals surface area contributed by atoms with E-state index in [0.717, 1.165) is 35.2 Å². The van der Waals surface area contributed by atoms with Gasteiger partial charge in [0.25, 0.3) is 0 Å². The molecule has 1 saturated heterocycles. The molecule has 1 aliphatic rings. The maximum atomic E-state index is 12.4. The number of nitrogens with one attached hydrogen (secondary N) is 1. The van der Waals surface area contributed by atoms with Gasteiger partial charge in [-0.25, -0.2) is 14.8 Å². The van der Waals surface area contributed by atoms with Crippen molar-refractivity contribution in [1.82, 2.24) is 24.8 Å². The summed E-state index contributed by atoms with van der Waals surface area (Å²) in [5.74, 6) is 1.38. The van der Waals surface area contributed by atoms with E-state index in [-0.39, 0.29) is 12.1 Å². The third-order valence-corrected chi connectivity index (χ3v) is 5.14. The topological polar surface area (TPSA) is 63.1 Å². The zero-order valence-corrected chi connectivity index (χ0v) is 13.9. The van der Waals surface area contributed by atoms with Crippen LogP contribution < -0.4 is 5.32 Å². The molecule has 22 heavy (non-hydrogen) atoms. The van der Waals surface area contributed by atoms with Crippen LogP contribution in [0.1, 0.15) is 41.0 Å². The van der Waals surface area contributed by atoms with Crippen molar-refractivity contribution < 1.29 is 4.79 Å². The predicted molar refractivity (Wildman–Crippen MR) is 85.9 cm³/mol. The standard InChI is InChI=1S/C15H21N5OS/c1-10-8-17-14(22-10)11(2)18-15(21)20-6-4-12(9-20)13-16-5-7-19(13)3/h5,7-8,11-12H,4,6,9H2,1-3H3,(H,18,21). The molecule has 0 radical (unpaired) electrons. The lowest BCUT2D eigenvalue weighted by atomic mass is 10.1. The molecule has 2 atom stereocenters. The quantitative estimate of drug-likeness (QED) is 0.945. The highest BCUT2D eigenvalue weighted by molar-refractivity contribution is 7.11. The van der Waals surface area contributed by atoms with Gasteiger partial charge in [0.2, 0.25) is 0 Å². The van der Waals surface area contributed by atoms with Crippen LogP contribution in [0.4, 0.5) is 4.79 Å². The maximum absolute atomic E-state index is 12.4. The Labute approximate surface area is 134 Å². The number of thiazole rings is 1. The summed E-state index contributed by atoms with van der Waals surface area (Å²) in [5.41, 5.74) is 0. The van der Waals surface area contributed by atoms with Gasteiger partial charge in [0.05, 0.1) is 6.04 Å². The van der Waals surface area contributed by atoms with Gasteiger partial charge in [-0.15, -0.1) is 11.3 Å². The summed E-state index contributed by atoms with van der Waals surface area (Å²) >= 11 is 1.62. The first-order valence-electron chi connectivity index (χ1n) is 7.49. The van der Waals surface area contributed by atoms with Crippen molar-refractivity contribution in [3.05, 3.63) is 34.3 Å². The van der Waals surface area contributed by atoms with Crippen molar-refractivity contribution in [2.24, 2.45) is 7.05 Å². The van der Waals surface area contributed by atoms with Gasteiger partial charge in [-0.3, -0.25) is 0 Å². The molecule has 1 N–H and O–H groups in total. The Morgan fingerprint density at radius 1 is 1.50 bits per heavy atom. The SMILES string of the molecule is Cc1cnc(C(C)NC(=O)N2CCC(c3nccn3C)C2)s1. The number of amides is 2. The molecule has 3 rings (SSSR count). The Bertz CT molecular complexity index is 664. The Morgan fingerprint density at radius 2 is 2.32 bits per heavy atom. The molecule has 2 unspecified atom stereocenters. The maximum Gasteiger partial charge on any atom is 0.317 e. The van der Waals surface area contributed by atoms with E-state index in [1.54, 1.807) is 11.3 Å². The highest BCUT2D eigenvalue weighted by Gasteiger charge is 2.30. The molecule has 118 valence electrons. The fourth-order valence-corrected chi connectivity index (χ4v) is 3.61. The number of aromatic nitrogens is 3. The highest BCUT2D eigenvalue weighted by atomic mass is 32.1. The van der Waals surface area contributed by atoms with Crippen LogP contribution in [0.5, 0.6) is 0 Å². The van der Waals surface area contributed by atoms with Crippen LogP contribution in [0.3, 0.4) is 0 Å². The van der Waals surface area contributed by atoms with Crippen LogP contribution in [-0.4, -0.2) is 38.6 Å². The van der Waals surface area contributed by atoms with Crippen LogP contribution in [0.15, 0.2) is 18.6 Å². The third-order valence-electron chi connectivity index (χ3n) is 4.05. The zero-order chi connectivity index (χ0) is 15.7. The van der Waals surface area contributed by atoms with E-state index in [1.165, 1.54) is 0 Å². The summed E-state index contributed by atoms with van der Waals surface area (Å²) in [6, 6.07) is -0.0736. The van der Waals surface area contributed by atoms with E-state index in [9.17, 15) is 4.79 Å². The van der Waals surface area contributed by atoms with Crippen molar-refractivity contribution in [1.29, 1.82) is 0 Å². The monoisotopic (exact) mass is 319 g/mol. The van der Waals surface area contributed by atoms with Crippen LogP contribution in [0, 0.1) is 6.92 Å². The minimum Gasteiger partial charge on any atom is -0.338 e. The smallest absolute Gasteiger partial charge is 0.317 e. The van der Waals surface area contributed by atoms with E-state index < -0.39 is 0 Å². The van der Waals surface area contributed by atoms with Gasteiger partial charge < -0.3 is 14.8 Å². The summed E-state index contributed by atoms with van der Waals surface area (Å²) in [4.78, 5) is 24.2. The van der Waals surface area contributed by atoms with Crippen LogP contribution >= 0.6 is 11.3 Å². The Morgan fingerprint density at radius 3 is 2.95 bits per heavy atom. The number of imidazole rings is 1. The van der Waals surface area contributed by atoms with E-state index in [2.05, 4.69) is 15.3 Å². The molecule has 2 aromatic heterocycles. The summed E-state index contributed by atoms with van der Waals surface area (Å²) in [6.07, 6.45) is 6.56. The molecule has 7 heteroatoms. The average Bonchev–Trinajstić information content (AvgIpc) is 3.18. The van der Waals surface area contributed by atoms with E-state index in [1.807, 2.05) is 49.0 Å². The first kappa shape index (κ1) is 15.0. The molecule has 0 saturated carbocycles. The van der Waals surface area contributed by atoms with Gasteiger partial charge in [-0.05, 0) is 20.3 Å². The normalized spacial score (nSPS) is 19.4. The number of nitrogens with zero attached hydrogens (tertiary/aromatic N) is 4. The van der Waals surface area contributed by atoms with Crippen molar-refractivity contribution >= 4 is 17.4 Å². The van der Waals surface area contributed by atoms with E-state index >= 15 is 0 Å². The van der Waals surface area contributed by atoms with Crippen molar-refractivity contribution in [3.63, 3.8) is 0 Å². The molecule has 6 nitrogen and oxygen atoms in total. The lowest BCUT2D eigenvalue weighted by Crippen LogP contribution is -2.39. The minimum atomic E-state index is -0.0570. The molecule has 2 aromatic rings. The Balaban J connectivity index is 1.59. The van der Waals surface area contributed by atoms with E-state index in [0.29, 0.717) is 5.92 Å². The number of rotatable bonds is 3. The molecule has 2 amide bonds. The van der Waals surface area contributed by atoms with Crippen LogP contribution in [-0.2, 0) is 7.05 Å². The summed E-state index contributed by atoms with van der Waals surface area (Å²) in [7, 11) is 2.00. The highest BCUT2D eigenvalue weighted by Crippen LogP contribution is 2.26. The third kappa shape index (κ3) is 2.99. The molecule has 0 spiro atoms. The van der Waals surface area contributed by atoms with Gasteiger partial charge in [0.15, 0.2) is 0 Å². The average molecular weight is 319 g/mol. The van der Waals surface area contributed by atoms with Crippen molar-refractivity contribution in [3.8, 4) is 0 Å². The molecule has 1 aliphatic heterocycles. The first-order chi connectivity index (χ1) is 10.5. The molecule has 0 bridgehead atoms. The van der Waals surface area contributed by atoms with E-state index in [4.69, 9.17) is 0 Å². The number of carbonyl (C=O) groups excluding carboxylic acids is 1. The lowest BCUT2D eigenvalue weighted by Gasteiger charge is -2.20. The second-order valence-electron chi connectivity index (χ2n) is 5.81. The fourth-order valence-electron chi connectivity index (χ4n) is 2.84. The van der Waals surface area contributed by atoms with Gasteiger partial charge in [0.1, 0.15) is 10.8 Å². The molecular formula is C15H21N5OS. The number of urea groups is 1.